The Labute approximate surface area is 158 Å². The lowest BCUT2D eigenvalue weighted by Gasteiger charge is -2.23. The van der Waals surface area contributed by atoms with Crippen LogP contribution in [0.4, 0.5) is 4.39 Å². The van der Waals surface area contributed by atoms with Crippen molar-refractivity contribution < 1.29 is 13.9 Å². The van der Waals surface area contributed by atoms with Gasteiger partial charge in [0.05, 0.1) is 7.11 Å². The molecule has 0 bridgehead atoms. The van der Waals surface area contributed by atoms with E-state index in [0.29, 0.717) is 26.1 Å². The maximum Gasteiger partial charge on any atom is 0.225 e. The van der Waals surface area contributed by atoms with Crippen LogP contribution < -0.4 is 4.74 Å². The normalized spacial score (nSPS) is 10.6. The number of benzene rings is 2. The van der Waals surface area contributed by atoms with Gasteiger partial charge in [-0.25, -0.2) is 4.39 Å². The highest BCUT2D eigenvalue weighted by Gasteiger charge is 2.15. The Morgan fingerprint density at radius 1 is 1.11 bits per heavy atom. The lowest BCUT2D eigenvalue weighted by Crippen LogP contribution is -2.30. The Bertz CT molecular complexity index is 863. The second kappa shape index (κ2) is 8.98. The number of ether oxygens (including phenoxy) is 1. The predicted molar refractivity (Wildman–Crippen MR) is 100 cm³/mol. The van der Waals surface area contributed by atoms with Gasteiger partial charge in [0.1, 0.15) is 11.6 Å². The number of amides is 1. The van der Waals surface area contributed by atoms with Crippen molar-refractivity contribution in [3.63, 3.8) is 0 Å². The number of nitrogens with zero attached hydrogens (tertiary/aromatic N) is 3. The number of hydrogen-bond donors (Lipinski definition) is 0. The first-order valence-electron chi connectivity index (χ1n) is 8.76. The summed E-state index contributed by atoms with van der Waals surface area (Å²) in [5, 5.41) is 4.13. The zero-order valence-corrected chi connectivity index (χ0v) is 15.2. The molecule has 0 aliphatic carbocycles. The summed E-state index contributed by atoms with van der Waals surface area (Å²) in [6, 6.07) is 15.8. The van der Waals surface area contributed by atoms with E-state index in [2.05, 4.69) is 5.10 Å². The average molecular weight is 367 g/mol. The van der Waals surface area contributed by atoms with E-state index in [1.54, 1.807) is 29.0 Å². The van der Waals surface area contributed by atoms with Gasteiger partial charge in [0.2, 0.25) is 5.91 Å². The SMILES string of the molecule is COc1ccc(CN(Cc2cccc(F)c2)C(=O)CCn2cccn2)cc1. The molecule has 0 aliphatic heterocycles. The standard InChI is InChI=1S/C21H22FN3O2/c1-27-20-8-6-17(7-9-20)15-24(16-18-4-2-5-19(22)14-18)21(26)10-13-25-12-3-11-23-25/h2-9,11-12,14H,10,13,15-16H2,1H3. The van der Waals surface area contributed by atoms with Crippen molar-refractivity contribution in [2.24, 2.45) is 0 Å². The number of aryl methyl sites for hydroxylation is 1. The first-order valence-corrected chi connectivity index (χ1v) is 8.76. The van der Waals surface area contributed by atoms with Crippen LogP contribution in [-0.2, 0) is 24.4 Å². The van der Waals surface area contributed by atoms with Crippen LogP contribution in [-0.4, -0.2) is 27.7 Å². The number of carbonyl (C=O) groups is 1. The molecule has 1 aromatic heterocycles. The Morgan fingerprint density at radius 2 is 1.89 bits per heavy atom. The molecule has 3 rings (SSSR count). The van der Waals surface area contributed by atoms with Gasteiger partial charge < -0.3 is 9.64 Å². The lowest BCUT2D eigenvalue weighted by molar-refractivity contribution is -0.132. The van der Waals surface area contributed by atoms with Gasteiger partial charge in [-0.3, -0.25) is 9.48 Å². The van der Waals surface area contributed by atoms with Gasteiger partial charge in [0.15, 0.2) is 0 Å². The molecule has 0 saturated heterocycles. The highest BCUT2D eigenvalue weighted by atomic mass is 19.1. The minimum Gasteiger partial charge on any atom is -0.497 e. The van der Waals surface area contributed by atoms with Crippen LogP contribution in [0.2, 0.25) is 0 Å². The molecule has 0 fully saturated rings. The molecule has 0 spiro atoms. The molecule has 0 radical (unpaired) electrons. The summed E-state index contributed by atoms with van der Waals surface area (Å²) in [7, 11) is 1.62. The molecule has 27 heavy (non-hydrogen) atoms. The van der Waals surface area contributed by atoms with Crippen molar-refractivity contribution in [3.8, 4) is 5.75 Å². The quantitative estimate of drug-likeness (QED) is 0.611. The molecule has 0 atom stereocenters. The highest BCUT2D eigenvalue weighted by Crippen LogP contribution is 2.16. The Hall–Kier alpha value is -3.15. The third-order valence-electron chi connectivity index (χ3n) is 4.26. The third kappa shape index (κ3) is 5.41. The van der Waals surface area contributed by atoms with E-state index in [0.717, 1.165) is 16.9 Å². The van der Waals surface area contributed by atoms with Crippen molar-refractivity contribution in [2.75, 3.05) is 7.11 Å². The van der Waals surface area contributed by atoms with Crippen LogP contribution >= 0.6 is 0 Å². The largest absolute Gasteiger partial charge is 0.497 e. The lowest BCUT2D eigenvalue weighted by atomic mass is 10.1. The average Bonchev–Trinajstić information content (AvgIpc) is 3.20. The first-order chi connectivity index (χ1) is 13.1. The van der Waals surface area contributed by atoms with Gasteiger partial charge in [-0.05, 0) is 41.5 Å². The second-order valence-corrected chi connectivity index (χ2v) is 6.25. The predicted octanol–water partition coefficient (Wildman–Crippen LogP) is 3.65. The number of carbonyl (C=O) groups excluding carboxylic acids is 1. The number of halogens is 1. The number of hydrogen-bond acceptors (Lipinski definition) is 3. The van der Waals surface area contributed by atoms with E-state index in [9.17, 15) is 9.18 Å². The minimum atomic E-state index is -0.305. The molecule has 140 valence electrons. The zero-order chi connectivity index (χ0) is 19.1. The fourth-order valence-electron chi connectivity index (χ4n) is 2.84. The number of rotatable bonds is 8. The molecular formula is C21H22FN3O2. The number of methoxy groups -OCH3 is 1. The van der Waals surface area contributed by atoms with Crippen LogP contribution in [0.5, 0.6) is 5.75 Å². The smallest absolute Gasteiger partial charge is 0.225 e. The molecule has 0 N–H and O–H groups in total. The van der Waals surface area contributed by atoms with Crippen LogP contribution in [0, 0.1) is 5.82 Å². The van der Waals surface area contributed by atoms with Gasteiger partial charge in [-0.15, -0.1) is 0 Å². The van der Waals surface area contributed by atoms with Gasteiger partial charge in [0.25, 0.3) is 0 Å². The molecule has 1 amide bonds. The van der Waals surface area contributed by atoms with E-state index in [-0.39, 0.29) is 11.7 Å². The first kappa shape index (κ1) is 18.6. The summed E-state index contributed by atoms with van der Waals surface area (Å²) >= 11 is 0. The van der Waals surface area contributed by atoms with Crippen LogP contribution in [0.1, 0.15) is 17.5 Å². The Balaban J connectivity index is 1.72. The van der Waals surface area contributed by atoms with Crippen LogP contribution in [0.3, 0.4) is 0 Å². The zero-order valence-electron chi connectivity index (χ0n) is 15.2. The molecular weight excluding hydrogens is 345 g/mol. The van der Waals surface area contributed by atoms with E-state index in [1.807, 2.05) is 42.6 Å². The molecule has 1 heterocycles. The van der Waals surface area contributed by atoms with E-state index in [4.69, 9.17) is 4.74 Å². The van der Waals surface area contributed by atoms with Crippen molar-refractivity contribution in [2.45, 2.75) is 26.1 Å². The topological polar surface area (TPSA) is 47.4 Å². The van der Waals surface area contributed by atoms with Crippen molar-refractivity contribution in [1.82, 2.24) is 14.7 Å². The highest BCUT2D eigenvalue weighted by molar-refractivity contribution is 5.76. The maximum atomic E-state index is 13.5. The maximum absolute atomic E-state index is 13.5. The fraction of sp³-hybridized carbons (Fsp3) is 0.238. The van der Waals surface area contributed by atoms with Crippen molar-refractivity contribution in [3.05, 3.63) is 83.9 Å². The van der Waals surface area contributed by atoms with Gasteiger partial charge in [0, 0.05) is 38.4 Å². The second-order valence-electron chi connectivity index (χ2n) is 6.25. The molecule has 5 nitrogen and oxygen atoms in total. The Kier molecular flexibility index (Phi) is 6.20. The van der Waals surface area contributed by atoms with Gasteiger partial charge in [-0.2, -0.15) is 5.10 Å². The fourth-order valence-corrected chi connectivity index (χ4v) is 2.84. The van der Waals surface area contributed by atoms with E-state index < -0.39 is 0 Å². The number of aromatic nitrogens is 2. The van der Waals surface area contributed by atoms with E-state index in [1.165, 1.54) is 12.1 Å². The third-order valence-corrected chi connectivity index (χ3v) is 4.26. The Morgan fingerprint density at radius 3 is 2.56 bits per heavy atom. The summed E-state index contributed by atoms with van der Waals surface area (Å²) in [4.78, 5) is 14.6. The van der Waals surface area contributed by atoms with E-state index >= 15 is 0 Å². The minimum absolute atomic E-state index is 0.00872. The summed E-state index contributed by atoms with van der Waals surface area (Å²) in [5.41, 5.74) is 1.75. The summed E-state index contributed by atoms with van der Waals surface area (Å²) in [5.74, 6) is 0.451. The van der Waals surface area contributed by atoms with Crippen molar-refractivity contribution >= 4 is 5.91 Å². The molecule has 6 heteroatoms. The van der Waals surface area contributed by atoms with Crippen molar-refractivity contribution in [1.29, 1.82) is 0 Å². The van der Waals surface area contributed by atoms with Gasteiger partial charge in [-0.1, -0.05) is 24.3 Å². The van der Waals surface area contributed by atoms with Gasteiger partial charge >= 0.3 is 0 Å². The summed E-state index contributed by atoms with van der Waals surface area (Å²) < 4.78 is 20.4. The molecule has 2 aromatic carbocycles. The molecule has 0 unspecified atom stereocenters. The molecule has 3 aromatic rings. The molecule has 0 saturated carbocycles. The monoisotopic (exact) mass is 367 g/mol. The summed E-state index contributed by atoms with van der Waals surface area (Å²) in [6.07, 6.45) is 3.84. The van der Waals surface area contributed by atoms with Crippen LogP contribution in [0.15, 0.2) is 67.0 Å². The van der Waals surface area contributed by atoms with Crippen LogP contribution in [0.25, 0.3) is 0 Å². The summed E-state index contributed by atoms with van der Waals surface area (Å²) in [6.45, 7) is 1.30. The molecule has 0 aliphatic rings.